The molecule has 2 fully saturated rings. The fourth-order valence-electron chi connectivity index (χ4n) is 5.17. The van der Waals surface area contributed by atoms with E-state index >= 15 is 0 Å². The number of halogens is 3. The van der Waals surface area contributed by atoms with Crippen LogP contribution < -0.4 is 10.2 Å². The number of alkyl halides is 3. The number of aromatic nitrogens is 2. The van der Waals surface area contributed by atoms with Gasteiger partial charge in [-0.2, -0.15) is 8.78 Å². The molecule has 0 atom stereocenters. The molecule has 1 N–H and O–H groups in total. The summed E-state index contributed by atoms with van der Waals surface area (Å²) in [5, 5.41) is 2.91. The van der Waals surface area contributed by atoms with Crippen molar-refractivity contribution < 1.29 is 13.6 Å². The van der Waals surface area contributed by atoms with Crippen LogP contribution in [-0.4, -0.2) is 85.0 Å². The zero-order valence-electron chi connectivity index (χ0n) is 21.7. The van der Waals surface area contributed by atoms with E-state index in [1.54, 1.807) is 32.3 Å². The Morgan fingerprint density at radius 1 is 1.11 bits per heavy atom. The normalized spacial score (nSPS) is 19.0. The van der Waals surface area contributed by atoms with Crippen LogP contribution in [0.5, 0.6) is 0 Å². The van der Waals surface area contributed by atoms with E-state index in [0.717, 1.165) is 56.8 Å². The number of amides is 1. The Labute approximate surface area is 228 Å². The van der Waals surface area contributed by atoms with Crippen molar-refractivity contribution in [1.82, 2.24) is 25.1 Å². The summed E-state index contributed by atoms with van der Waals surface area (Å²) in [7, 11) is 0. The summed E-state index contributed by atoms with van der Waals surface area (Å²) in [4.78, 5) is 28.1. The van der Waals surface area contributed by atoms with Crippen LogP contribution in [0.2, 0.25) is 0 Å². The van der Waals surface area contributed by atoms with E-state index < -0.39 is 30.2 Å². The standard InChI is InChI=1S/C27H37F2IN6O/c1-26(2,27(28,29)30-3)36-15-10-22(11-16-36)34-13-6-14-35(18-17-34)24-9-4-8-23(33-24)25(37)32-20-21-7-5-12-31-19-21/h4-5,7-9,12,19,22H,3,6,10-11,13-18,20H2,1-2H3,(H,32,37). The third-order valence-corrected chi connectivity index (χ3v) is 9.91. The van der Waals surface area contributed by atoms with Crippen molar-refractivity contribution in [2.24, 2.45) is 0 Å². The molecule has 0 saturated carbocycles. The number of nitrogens with one attached hydrogen (secondary N) is 1. The molecule has 0 spiro atoms. The van der Waals surface area contributed by atoms with E-state index in [1.165, 1.54) is 0 Å². The Morgan fingerprint density at radius 2 is 1.89 bits per heavy atom. The number of hydrogen-bond acceptors (Lipinski definition) is 6. The van der Waals surface area contributed by atoms with E-state index in [-0.39, 0.29) is 5.91 Å². The van der Waals surface area contributed by atoms with E-state index in [2.05, 4.69) is 29.6 Å². The minimum absolute atomic E-state index is 0.205. The summed E-state index contributed by atoms with van der Waals surface area (Å²) in [5.41, 5.74) is 0.203. The van der Waals surface area contributed by atoms with Gasteiger partial charge in [0.25, 0.3) is 5.91 Å². The number of hydrogen-bond donors (Lipinski definition) is 1. The molecule has 202 valence electrons. The van der Waals surface area contributed by atoms with Gasteiger partial charge in [-0.15, -0.1) is 0 Å². The van der Waals surface area contributed by atoms with Gasteiger partial charge in [0.2, 0.25) is 0 Å². The van der Waals surface area contributed by atoms with E-state index in [4.69, 9.17) is 0 Å². The highest BCUT2D eigenvalue weighted by molar-refractivity contribution is 14.2. The predicted molar refractivity (Wildman–Crippen MR) is 153 cm³/mol. The minimum atomic E-state index is -2.70. The fraction of sp³-hybridized carbons (Fsp3) is 0.556. The molecule has 1 amide bonds. The molecule has 4 rings (SSSR count). The molecule has 0 unspecified atom stereocenters. The Morgan fingerprint density at radius 3 is 2.59 bits per heavy atom. The maximum absolute atomic E-state index is 14.5. The van der Waals surface area contributed by atoms with Gasteiger partial charge in [0.05, 0.1) is 5.54 Å². The lowest BCUT2D eigenvalue weighted by Gasteiger charge is -2.47. The molecule has 37 heavy (non-hydrogen) atoms. The van der Waals surface area contributed by atoms with Crippen LogP contribution in [-0.2, 0) is 6.54 Å². The molecule has 7 nitrogen and oxygen atoms in total. The van der Waals surface area contributed by atoms with Gasteiger partial charge >= 0.3 is 3.93 Å². The molecule has 0 aromatic carbocycles. The van der Waals surface area contributed by atoms with Crippen LogP contribution >= 0.6 is 20.7 Å². The van der Waals surface area contributed by atoms with Crippen molar-refractivity contribution in [3.8, 4) is 0 Å². The number of rotatable bonds is 8. The van der Waals surface area contributed by atoms with Crippen molar-refractivity contribution in [3.05, 3.63) is 54.0 Å². The molecular weight excluding hydrogens is 589 g/mol. The molecule has 2 aromatic heterocycles. The number of carbonyl (C=O) groups is 1. The van der Waals surface area contributed by atoms with Gasteiger partial charge in [-0.1, -0.05) is 16.6 Å². The summed E-state index contributed by atoms with van der Waals surface area (Å²) in [6.45, 7) is 8.69. The quantitative estimate of drug-likeness (QED) is 0.351. The molecule has 4 heterocycles. The number of anilines is 1. The molecular formula is C27H37F2IN6O. The van der Waals surface area contributed by atoms with Crippen molar-refractivity contribution >= 4 is 37.0 Å². The Kier molecular flexibility index (Phi) is 9.23. The molecule has 2 aliphatic heterocycles. The lowest BCUT2D eigenvalue weighted by atomic mass is 9.95. The average molecular weight is 627 g/mol. The van der Waals surface area contributed by atoms with Crippen LogP contribution in [0.4, 0.5) is 14.6 Å². The third kappa shape index (κ3) is 6.69. The first-order chi connectivity index (χ1) is 17.7. The summed E-state index contributed by atoms with van der Waals surface area (Å²) in [5.74, 6) is 0.606. The second-order valence-corrected chi connectivity index (χ2v) is 12.3. The summed E-state index contributed by atoms with van der Waals surface area (Å²) in [6.07, 6.45) is 6.24. The van der Waals surface area contributed by atoms with Gasteiger partial charge in [0.1, 0.15) is 11.5 Å². The van der Waals surface area contributed by atoms with Crippen LogP contribution in [0.1, 0.15) is 49.2 Å². The van der Waals surface area contributed by atoms with Crippen molar-refractivity contribution in [1.29, 1.82) is 0 Å². The van der Waals surface area contributed by atoms with E-state index in [0.29, 0.717) is 31.4 Å². The number of likely N-dealkylation sites (tertiary alicyclic amines) is 1. The highest BCUT2D eigenvalue weighted by Crippen LogP contribution is 2.43. The summed E-state index contributed by atoms with van der Waals surface area (Å²) in [6, 6.07) is 9.75. The monoisotopic (exact) mass is 626 g/mol. The second kappa shape index (κ2) is 12.2. The van der Waals surface area contributed by atoms with Gasteiger partial charge in [-0.3, -0.25) is 19.6 Å². The van der Waals surface area contributed by atoms with Gasteiger partial charge in [-0.05, 0) is 77.6 Å². The fourth-order valence-corrected chi connectivity index (χ4v) is 6.44. The van der Waals surface area contributed by atoms with Crippen LogP contribution in [0, 0.1) is 0 Å². The summed E-state index contributed by atoms with van der Waals surface area (Å²) >= 11 is -1.41. The first kappa shape index (κ1) is 28.0. The zero-order valence-corrected chi connectivity index (χ0v) is 23.8. The van der Waals surface area contributed by atoms with Gasteiger partial charge in [0.15, 0.2) is 0 Å². The smallest absolute Gasteiger partial charge is 0.308 e. The van der Waals surface area contributed by atoms with Gasteiger partial charge in [0, 0.05) is 64.2 Å². The highest BCUT2D eigenvalue weighted by atomic mass is 127. The average Bonchev–Trinajstić information content (AvgIpc) is 3.19. The maximum atomic E-state index is 14.5. The number of carbonyl (C=O) groups excluding carboxylic acids is 1. The molecule has 2 aromatic rings. The number of piperidine rings is 1. The molecule has 0 radical (unpaired) electrons. The third-order valence-electron chi connectivity index (χ3n) is 7.63. The van der Waals surface area contributed by atoms with Crippen LogP contribution in [0.15, 0.2) is 42.7 Å². The van der Waals surface area contributed by atoms with Crippen molar-refractivity contribution in [2.75, 3.05) is 44.2 Å². The van der Waals surface area contributed by atoms with Gasteiger partial charge in [-0.25, -0.2) is 4.98 Å². The zero-order chi connectivity index (χ0) is 26.5. The molecule has 10 heteroatoms. The second-order valence-electron chi connectivity index (χ2n) is 10.2. The largest absolute Gasteiger partial charge is 0.355 e. The first-order valence-electron chi connectivity index (χ1n) is 12.9. The van der Waals surface area contributed by atoms with Crippen molar-refractivity contribution in [2.45, 2.75) is 55.2 Å². The molecule has 2 saturated heterocycles. The first-order valence-corrected chi connectivity index (χ1v) is 15.5. The molecule has 0 aliphatic carbocycles. The van der Waals surface area contributed by atoms with Crippen LogP contribution in [0.3, 0.4) is 0 Å². The molecule has 2 aliphatic rings. The van der Waals surface area contributed by atoms with Crippen LogP contribution in [0.25, 0.3) is 0 Å². The maximum Gasteiger partial charge on any atom is 0.308 e. The number of pyridine rings is 2. The predicted octanol–water partition coefficient (Wildman–Crippen LogP) is 4.16. The Balaban J connectivity index is 1.31. The van der Waals surface area contributed by atoms with E-state index in [1.807, 2.05) is 29.2 Å². The molecule has 0 bridgehead atoms. The summed E-state index contributed by atoms with van der Waals surface area (Å²) < 4.78 is 29.9. The lowest BCUT2D eigenvalue weighted by molar-refractivity contribution is -0.0622. The van der Waals surface area contributed by atoms with Crippen molar-refractivity contribution in [3.63, 3.8) is 0 Å². The number of nitrogens with zero attached hydrogens (tertiary/aromatic N) is 5. The SMILES string of the molecule is C=IC(F)(F)C(C)(C)N1CCC(N2CCCN(c3cccc(C(=O)NCc4cccnc4)n3)CC2)CC1. The Bertz CT molecular complexity index is 1060. The minimum Gasteiger partial charge on any atom is -0.355 e. The topological polar surface area (TPSA) is 64.6 Å². The van der Waals surface area contributed by atoms with E-state index in [9.17, 15) is 13.6 Å². The lowest BCUT2D eigenvalue weighted by Crippen LogP contribution is -2.58. The van der Waals surface area contributed by atoms with Gasteiger partial charge < -0.3 is 10.2 Å². The Hall–Kier alpha value is -2.05. The highest BCUT2D eigenvalue weighted by Gasteiger charge is 2.49.